The first-order chi connectivity index (χ1) is 22.6. The van der Waals surface area contributed by atoms with Gasteiger partial charge in [0.15, 0.2) is 5.88 Å². The summed E-state index contributed by atoms with van der Waals surface area (Å²) in [6.45, 7) is 34.2. The van der Waals surface area contributed by atoms with Crippen LogP contribution in [-0.2, 0) is 4.79 Å². The van der Waals surface area contributed by atoms with E-state index in [0.717, 1.165) is 24.7 Å². The first-order valence-corrected chi connectivity index (χ1v) is 17.4. The minimum Gasteiger partial charge on any atom is -0.482 e. The van der Waals surface area contributed by atoms with Crippen molar-refractivity contribution < 1.29 is 14.3 Å². The maximum Gasteiger partial charge on any atom is 0.321 e. The number of nitrogens with zero attached hydrogens (tertiary/aromatic N) is 1. The second-order valence-electron chi connectivity index (χ2n) is 16.9. The highest BCUT2D eigenvalue weighted by molar-refractivity contribution is 5.96. The molecule has 50 heavy (non-hydrogen) atoms. The molecule has 2 aromatic rings. The average Bonchev–Trinajstić information content (AvgIpc) is 2.92. The van der Waals surface area contributed by atoms with Crippen molar-refractivity contribution in [3.8, 4) is 5.88 Å². The summed E-state index contributed by atoms with van der Waals surface area (Å²) in [4.78, 5) is 50.2. The van der Waals surface area contributed by atoms with E-state index in [9.17, 15) is 19.2 Å². The number of ether oxygens (including phenoxy) is 1. The van der Waals surface area contributed by atoms with Crippen LogP contribution in [0.1, 0.15) is 130 Å². The average molecular weight is 707 g/mol. The molecule has 3 amide bonds. The normalized spacial score (nSPS) is 13.3. The number of imide groups is 1. The predicted molar refractivity (Wildman–Crippen MR) is 213 cm³/mol. The van der Waals surface area contributed by atoms with Crippen molar-refractivity contribution in [2.75, 3.05) is 20.2 Å². The number of carbonyl (C=O) groups excluding carboxylic acids is 2. The van der Waals surface area contributed by atoms with Crippen LogP contribution < -0.4 is 32.2 Å². The Bertz CT molecular complexity index is 1180. The van der Waals surface area contributed by atoms with E-state index in [1.54, 1.807) is 30.5 Å². The van der Waals surface area contributed by atoms with Crippen LogP contribution in [0.3, 0.4) is 0 Å². The largest absolute Gasteiger partial charge is 0.482 e. The third-order valence-corrected chi connectivity index (χ3v) is 3.69. The van der Waals surface area contributed by atoms with Gasteiger partial charge in [-0.15, -0.1) is 0 Å². The van der Waals surface area contributed by atoms with Crippen molar-refractivity contribution in [3.63, 3.8) is 0 Å². The van der Waals surface area contributed by atoms with Gasteiger partial charge in [-0.2, -0.15) is 0 Å². The monoisotopic (exact) mass is 707 g/mol. The Hall–Kier alpha value is -3.89. The molecular formula is C39H74N6O5. The molecule has 2 aliphatic rings. The van der Waals surface area contributed by atoms with Gasteiger partial charge in [0.2, 0.25) is 11.5 Å². The van der Waals surface area contributed by atoms with Crippen molar-refractivity contribution in [2.24, 2.45) is 32.9 Å². The van der Waals surface area contributed by atoms with Crippen LogP contribution in [0, 0.1) is 22.2 Å². The number of pyridine rings is 2. The van der Waals surface area contributed by atoms with Crippen molar-refractivity contribution in [1.29, 1.82) is 0 Å². The third kappa shape index (κ3) is 70.5. The van der Waals surface area contributed by atoms with Gasteiger partial charge >= 0.3 is 6.03 Å². The standard InChI is InChI=1S/C6H7NO2.C5H10N2.C5H5NO.3C5H12.C4H6N2O2.C4H10/c1-9-6-4-2-3-5(8)7-6;6-5-3-1-2-4-7-5;7-5-3-1-2-4-6-5;3*1-5(2,3)4;7-3-1-2-5-4(8)6-3;1-4(2)3/h2-4H,1H3,(H,7,8);1-4H2,(H2,6,7);1-4H,(H,6,7);3*1-4H3;1-2H2,(H2,5,6,7,8);4H,1-3H3. The number of nitrogens with one attached hydrogen (secondary N) is 4. The topological polar surface area (TPSA) is 172 Å². The lowest BCUT2D eigenvalue weighted by molar-refractivity contribution is -0.120. The molecular weight excluding hydrogens is 632 g/mol. The van der Waals surface area contributed by atoms with Gasteiger partial charge in [-0.25, -0.2) is 4.79 Å². The zero-order valence-corrected chi connectivity index (χ0v) is 34.4. The summed E-state index contributed by atoms with van der Waals surface area (Å²) in [7, 11) is 1.51. The van der Waals surface area contributed by atoms with Crippen LogP contribution in [-0.4, -0.2) is 47.9 Å². The number of amides is 3. The summed E-state index contributed by atoms with van der Waals surface area (Å²) in [5.41, 5.74) is 6.69. The van der Waals surface area contributed by atoms with Crippen molar-refractivity contribution in [3.05, 3.63) is 63.3 Å². The van der Waals surface area contributed by atoms with Crippen LogP contribution in [0.25, 0.3) is 0 Å². The minimum absolute atomic E-state index is 0.0532. The fraction of sp³-hybridized carbons (Fsp3) is 0.667. The van der Waals surface area contributed by atoms with Crippen LogP contribution in [0.2, 0.25) is 0 Å². The fourth-order valence-corrected chi connectivity index (χ4v) is 2.17. The van der Waals surface area contributed by atoms with E-state index in [2.05, 4.69) is 129 Å². The molecule has 0 saturated carbocycles. The van der Waals surface area contributed by atoms with E-state index in [0.29, 0.717) is 35.1 Å². The molecule has 0 radical (unpaired) electrons. The second-order valence-corrected chi connectivity index (χ2v) is 16.9. The first-order valence-electron chi connectivity index (χ1n) is 17.4. The lowest BCUT2D eigenvalue weighted by Gasteiger charge is -2.10. The summed E-state index contributed by atoms with van der Waals surface area (Å²) in [5.74, 6) is 1.96. The maximum absolute atomic E-state index is 10.5. The number of nitrogens with two attached hydrogens (primary N) is 1. The Morgan fingerprint density at radius 1 is 0.720 bits per heavy atom. The molecule has 4 heterocycles. The Morgan fingerprint density at radius 2 is 1.20 bits per heavy atom. The molecule has 2 aliphatic heterocycles. The number of hydrogen-bond acceptors (Lipinski definition) is 7. The van der Waals surface area contributed by atoms with E-state index in [4.69, 9.17) is 10.5 Å². The number of aromatic amines is 2. The molecule has 0 aromatic carbocycles. The van der Waals surface area contributed by atoms with Gasteiger partial charge in [-0.1, -0.05) is 116 Å². The number of amidine groups is 1. The SMILES string of the molecule is CC(C)(C)C.CC(C)(C)C.CC(C)(C)C.CC(C)C.COc1cccc(=O)[nH]1.NC1=NCCCC1.O=C1CCNC(=O)N1.O=c1cccc[nH]1. The number of aromatic nitrogens is 2. The molecule has 0 bridgehead atoms. The van der Waals surface area contributed by atoms with Crippen LogP contribution in [0.15, 0.2) is 57.2 Å². The minimum atomic E-state index is -0.388. The van der Waals surface area contributed by atoms with Crippen molar-refractivity contribution in [1.82, 2.24) is 20.6 Å². The zero-order valence-electron chi connectivity index (χ0n) is 34.4. The smallest absolute Gasteiger partial charge is 0.321 e. The van der Waals surface area contributed by atoms with Gasteiger partial charge in [0.1, 0.15) is 0 Å². The molecule has 0 unspecified atom stereocenters. The molecule has 6 N–H and O–H groups in total. The molecule has 1 saturated heterocycles. The number of H-pyrrole nitrogens is 2. The number of hydrogen-bond donors (Lipinski definition) is 5. The Morgan fingerprint density at radius 3 is 1.42 bits per heavy atom. The highest BCUT2D eigenvalue weighted by Crippen LogP contribution is 2.09. The van der Waals surface area contributed by atoms with Gasteiger partial charge in [-0.05, 0) is 47.1 Å². The molecule has 0 spiro atoms. The molecule has 290 valence electrons. The predicted octanol–water partition coefficient (Wildman–Crippen LogP) is 8.32. The highest BCUT2D eigenvalue weighted by Gasteiger charge is 2.11. The number of rotatable bonds is 1. The van der Waals surface area contributed by atoms with Crippen LogP contribution >= 0.6 is 0 Å². The molecule has 11 nitrogen and oxygen atoms in total. The zero-order chi connectivity index (χ0) is 40.0. The van der Waals surface area contributed by atoms with E-state index in [1.165, 1.54) is 32.1 Å². The summed E-state index contributed by atoms with van der Waals surface area (Å²) in [5, 5.41) is 4.53. The van der Waals surface area contributed by atoms with Crippen molar-refractivity contribution >= 4 is 17.8 Å². The van der Waals surface area contributed by atoms with Gasteiger partial charge < -0.3 is 20.8 Å². The first kappa shape index (κ1) is 52.9. The molecule has 2 aromatic heterocycles. The van der Waals surface area contributed by atoms with Gasteiger partial charge in [0.05, 0.1) is 12.9 Å². The quantitative estimate of drug-likeness (QED) is 0.200. The highest BCUT2D eigenvalue weighted by atomic mass is 16.5. The molecule has 4 rings (SSSR count). The molecule has 0 aliphatic carbocycles. The molecule has 0 atom stereocenters. The fourth-order valence-electron chi connectivity index (χ4n) is 2.17. The van der Waals surface area contributed by atoms with Crippen molar-refractivity contribution in [2.45, 2.75) is 130 Å². The van der Waals surface area contributed by atoms with Crippen LogP contribution in [0.4, 0.5) is 4.79 Å². The summed E-state index contributed by atoms with van der Waals surface area (Å²) < 4.78 is 4.74. The number of aliphatic imine (C=N–C) groups is 1. The van der Waals surface area contributed by atoms with Gasteiger partial charge in [0, 0.05) is 44.3 Å². The maximum atomic E-state index is 10.5. The number of urea groups is 1. The Labute approximate surface area is 304 Å². The third-order valence-electron chi connectivity index (χ3n) is 3.69. The van der Waals surface area contributed by atoms with E-state index >= 15 is 0 Å². The lowest BCUT2D eigenvalue weighted by Crippen LogP contribution is -2.46. The summed E-state index contributed by atoms with van der Waals surface area (Å²) in [6.07, 6.45) is 5.46. The lowest BCUT2D eigenvalue weighted by atomic mass is 10.0. The number of carbonyl (C=O) groups is 2. The number of methoxy groups -OCH3 is 1. The molecule has 1 fully saturated rings. The Kier molecular flexibility index (Phi) is 31.7. The van der Waals surface area contributed by atoms with E-state index < -0.39 is 0 Å². The summed E-state index contributed by atoms with van der Waals surface area (Å²) in [6, 6.07) is 9.29. The van der Waals surface area contributed by atoms with Crippen LogP contribution in [0.5, 0.6) is 5.88 Å². The van der Waals surface area contributed by atoms with E-state index in [1.807, 2.05) is 0 Å². The van der Waals surface area contributed by atoms with Gasteiger partial charge in [-0.3, -0.25) is 29.7 Å². The van der Waals surface area contributed by atoms with Gasteiger partial charge in [0.25, 0.3) is 5.56 Å². The second kappa shape index (κ2) is 30.0. The molecule has 11 heteroatoms. The van der Waals surface area contributed by atoms with E-state index in [-0.39, 0.29) is 23.1 Å². The Balaban J connectivity index is -0.000000246. The summed E-state index contributed by atoms with van der Waals surface area (Å²) >= 11 is 0.